The molecule has 1 N–H and O–H groups in total. The second-order valence-corrected chi connectivity index (χ2v) is 5.97. The molecule has 0 saturated carbocycles. The molecule has 0 aliphatic carbocycles. The smallest absolute Gasteiger partial charge is 0.323 e. The number of rotatable bonds is 3. The van der Waals surface area contributed by atoms with E-state index in [9.17, 15) is 4.79 Å². The molecule has 0 aliphatic heterocycles. The molecule has 1 rings (SSSR count). The lowest BCUT2D eigenvalue weighted by Gasteiger charge is -2.34. The maximum atomic E-state index is 10.9. The van der Waals surface area contributed by atoms with Crippen molar-refractivity contribution in [3.8, 4) is 0 Å². The van der Waals surface area contributed by atoms with Gasteiger partial charge in [0.05, 0.1) is 5.69 Å². The first-order valence-electron chi connectivity index (χ1n) is 5.15. The molecular formula is C11H18N2O2S. The second-order valence-electron chi connectivity index (χ2n) is 4.79. The largest absolute Gasteiger partial charge is 0.480 e. The molecule has 1 heterocycles. The molecular weight excluding hydrogens is 224 g/mol. The van der Waals surface area contributed by atoms with Crippen LogP contribution < -0.4 is 4.90 Å². The standard InChI is InChI=1S/C11H18N2O2S/c1-7-8(2)16-10(12-7)13(6-9(14)15)11(3,4)5/h6H2,1-5H3,(H,14,15). The SMILES string of the molecule is Cc1nc(N(CC(=O)O)C(C)(C)C)sc1C. The average Bonchev–Trinajstić information content (AvgIpc) is 2.40. The van der Waals surface area contributed by atoms with Crippen LogP contribution in [0.3, 0.4) is 0 Å². The molecule has 5 heteroatoms. The highest BCUT2D eigenvalue weighted by Crippen LogP contribution is 2.29. The van der Waals surface area contributed by atoms with Gasteiger partial charge in [0.15, 0.2) is 5.13 Å². The molecule has 1 aromatic rings. The first-order chi connectivity index (χ1) is 7.21. The summed E-state index contributed by atoms with van der Waals surface area (Å²) in [5.41, 5.74) is 0.731. The summed E-state index contributed by atoms with van der Waals surface area (Å²) in [6, 6.07) is 0. The predicted molar refractivity (Wildman–Crippen MR) is 66.3 cm³/mol. The Hall–Kier alpha value is -1.10. The van der Waals surface area contributed by atoms with E-state index < -0.39 is 5.97 Å². The van der Waals surface area contributed by atoms with Crippen molar-refractivity contribution < 1.29 is 9.90 Å². The van der Waals surface area contributed by atoms with Crippen LogP contribution in [-0.2, 0) is 4.79 Å². The Morgan fingerprint density at radius 3 is 2.31 bits per heavy atom. The van der Waals surface area contributed by atoms with Crippen LogP contribution in [0.5, 0.6) is 0 Å². The Morgan fingerprint density at radius 1 is 1.44 bits per heavy atom. The number of thiazole rings is 1. The van der Waals surface area contributed by atoms with Crippen LogP contribution in [0.1, 0.15) is 31.3 Å². The van der Waals surface area contributed by atoms with E-state index in [-0.39, 0.29) is 12.1 Å². The van der Waals surface area contributed by atoms with E-state index in [0.717, 1.165) is 15.7 Å². The van der Waals surface area contributed by atoms with Gasteiger partial charge in [0.2, 0.25) is 0 Å². The zero-order chi connectivity index (χ0) is 12.5. The lowest BCUT2D eigenvalue weighted by Crippen LogP contribution is -2.44. The van der Waals surface area contributed by atoms with Crippen molar-refractivity contribution >= 4 is 22.4 Å². The van der Waals surface area contributed by atoms with Gasteiger partial charge in [-0.15, -0.1) is 11.3 Å². The lowest BCUT2D eigenvalue weighted by molar-refractivity contribution is -0.135. The maximum absolute atomic E-state index is 10.9. The van der Waals surface area contributed by atoms with Crippen LogP contribution in [0.2, 0.25) is 0 Å². The van der Waals surface area contributed by atoms with Crippen LogP contribution in [0.15, 0.2) is 0 Å². The van der Waals surface area contributed by atoms with Gasteiger partial charge < -0.3 is 10.0 Å². The van der Waals surface area contributed by atoms with Gasteiger partial charge in [-0.1, -0.05) is 0 Å². The van der Waals surface area contributed by atoms with Crippen molar-refractivity contribution in [3.05, 3.63) is 10.6 Å². The predicted octanol–water partition coefficient (Wildman–Crippen LogP) is 2.45. The van der Waals surface area contributed by atoms with Crippen molar-refractivity contribution in [1.29, 1.82) is 0 Å². The number of carboxylic acid groups (broad SMARTS) is 1. The highest BCUT2D eigenvalue weighted by atomic mass is 32.1. The molecule has 0 aromatic carbocycles. The lowest BCUT2D eigenvalue weighted by atomic mass is 10.1. The third-order valence-corrected chi connectivity index (χ3v) is 3.45. The number of hydrogen-bond acceptors (Lipinski definition) is 4. The molecule has 0 aliphatic rings. The van der Waals surface area contributed by atoms with Crippen LogP contribution in [0.4, 0.5) is 5.13 Å². The highest BCUT2D eigenvalue weighted by Gasteiger charge is 2.26. The molecule has 0 unspecified atom stereocenters. The van der Waals surface area contributed by atoms with Gasteiger partial charge >= 0.3 is 5.97 Å². The number of nitrogens with zero attached hydrogens (tertiary/aromatic N) is 2. The molecule has 16 heavy (non-hydrogen) atoms. The summed E-state index contributed by atoms with van der Waals surface area (Å²) < 4.78 is 0. The monoisotopic (exact) mass is 242 g/mol. The van der Waals surface area contributed by atoms with Gasteiger partial charge in [-0.2, -0.15) is 0 Å². The van der Waals surface area contributed by atoms with E-state index in [2.05, 4.69) is 4.98 Å². The Bertz CT molecular complexity index is 374. The third kappa shape index (κ3) is 2.95. The van der Waals surface area contributed by atoms with Crippen molar-refractivity contribution in [2.45, 2.75) is 40.2 Å². The summed E-state index contributed by atoms with van der Waals surface area (Å²) in [5, 5.41) is 9.70. The summed E-state index contributed by atoms with van der Waals surface area (Å²) in [6.07, 6.45) is 0. The molecule has 90 valence electrons. The number of carbonyl (C=O) groups is 1. The quantitative estimate of drug-likeness (QED) is 0.884. The van der Waals surface area contributed by atoms with Gasteiger partial charge in [-0.25, -0.2) is 4.98 Å². The minimum Gasteiger partial charge on any atom is -0.480 e. The Morgan fingerprint density at radius 2 is 2.00 bits per heavy atom. The number of aliphatic carboxylic acids is 1. The molecule has 4 nitrogen and oxygen atoms in total. The molecule has 0 amide bonds. The molecule has 0 atom stereocenters. The summed E-state index contributed by atoms with van der Waals surface area (Å²) in [6.45, 7) is 9.89. The van der Waals surface area contributed by atoms with E-state index in [1.54, 1.807) is 11.3 Å². The van der Waals surface area contributed by atoms with Gasteiger partial charge in [0, 0.05) is 10.4 Å². The van der Waals surface area contributed by atoms with Gasteiger partial charge in [0.25, 0.3) is 0 Å². The second kappa shape index (κ2) is 4.41. The van der Waals surface area contributed by atoms with E-state index in [1.807, 2.05) is 39.5 Å². The Balaban J connectivity index is 3.06. The van der Waals surface area contributed by atoms with E-state index in [1.165, 1.54) is 0 Å². The van der Waals surface area contributed by atoms with Crippen molar-refractivity contribution in [2.75, 3.05) is 11.4 Å². The fraction of sp³-hybridized carbons (Fsp3) is 0.636. The van der Waals surface area contributed by atoms with E-state index in [0.29, 0.717) is 0 Å². The Kier molecular flexibility index (Phi) is 3.57. The van der Waals surface area contributed by atoms with Crippen molar-refractivity contribution in [3.63, 3.8) is 0 Å². The zero-order valence-electron chi connectivity index (χ0n) is 10.4. The normalized spacial score (nSPS) is 11.6. The number of carboxylic acids is 1. The minimum atomic E-state index is -0.833. The Labute approximate surface area is 99.9 Å². The summed E-state index contributed by atoms with van der Waals surface area (Å²) >= 11 is 1.54. The number of aryl methyl sites for hydroxylation is 2. The molecule has 0 saturated heterocycles. The minimum absolute atomic E-state index is 0.0180. The number of anilines is 1. The van der Waals surface area contributed by atoms with Crippen molar-refractivity contribution in [1.82, 2.24) is 4.98 Å². The molecule has 0 fully saturated rings. The fourth-order valence-electron chi connectivity index (χ4n) is 1.30. The van der Waals surface area contributed by atoms with Gasteiger partial charge in [-0.05, 0) is 34.6 Å². The molecule has 0 spiro atoms. The average molecular weight is 242 g/mol. The molecule has 0 radical (unpaired) electrons. The zero-order valence-corrected chi connectivity index (χ0v) is 11.2. The summed E-state index contributed by atoms with van der Waals surface area (Å²) in [5.74, 6) is -0.833. The third-order valence-electron chi connectivity index (χ3n) is 2.35. The number of aromatic nitrogens is 1. The summed E-state index contributed by atoms with van der Waals surface area (Å²) in [7, 11) is 0. The van der Waals surface area contributed by atoms with E-state index >= 15 is 0 Å². The van der Waals surface area contributed by atoms with Crippen LogP contribution >= 0.6 is 11.3 Å². The highest BCUT2D eigenvalue weighted by molar-refractivity contribution is 7.15. The van der Waals surface area contributed by atoms with Crippen LogP contribution in [0, 0.1) is 13.8 Å². The molecule has 0 bridgehead atoms. The molecule has 1 aromatic heterocycles. The fourth-order valence-corrected chi connectivity index (χ4v) is 2.40. The van der Waals surface area contributed by atoms with Gasteiger partial charge in [0.1, 0.15) is 6.54 Å². The van der Waals surface area contributed by atoms with Gasteiger partial charge in [-0.3, -0.25) is 4.79 Å². The van der Waals surface area contributed by atoms with Crippen molar-refractivity contribution in [2.24, 2.45) is 0 Å². The number of hydrogen-bond donors (Lipinski definition) is 1. The first kappa shape index (κ1) is 13.0. The maximum Gasteiger partial charge on any atom is 0.323 e. The summed E-state index contributed by atoms with van der Waals surface area (Å²) in [4.78, 5) is 18.2. The topological polar surface area (TPSA) is 53.4 Å². The first-order valence-corrected chi connectivity index (χ1v) is 5.97. The van der Waals surface area contributed by atoms with Crippen LogP contribution in [-0.4, -0.2) is 28.1 Å². The van der Waals surface area contributed by atoms with E-state index in [4.69, 9.17) is 5.11 Å². The van der Waals surface area contributed by atoms with Crippen LogP contribution in [0.25, 0.3) is 0 Å².